The molecule has 2 N–H and O–H groups in total. The molecule has 0 heterocycles. The number of hydrogen-bond acceptors (Lipinski definition) is 3. The molecule has 0 radical (unpaired) electrons. The Morgan fingerprint density at radius 2 is 1.89 bits per heavy atom. The highest BCUT2D eigenvalue weighted by Gasteiger charge is 2.23. The van der Waals surface area contributed by atoms with Crippen LogP contribution in [0.2, 0.25) is 0 Å². The molecule has 0 fully saturated rings. The molecule has 1 atom stereocenters. The summed E-state index contributed by atoms with van der Waals surface area (Å²) < 4.78 is 5.24. The Hall–Kier alpha value is -1.88. The zero-order chi connectivity index (χ0) is 14.3. The van der Waals surface area contributed by atoms with Crippen molar-refractivity contribution >= 4 is 11.9 Å². The Morgan fingerprint density at radius 1 is 1.26 bits per heavy atom. The third-order valence-electron chi connectivity index (χ3n) is 2.59. The lowest BCUT2D eigenvalue weighted by Gasteiger charge is -2.17. The first kappa shape index (κ1) is 15.2. The summed E-state index contributed by atoms with van der Waals surface area (Å²) in [6, 6.07) is 8.58. The number of nitrogens with one attached hydrogen (secondary N) is 1. The lowest BCUT2D eigenvalue weighted by atomic mass is 10.1. The molecule has 1 aromatic rings. The van der Waals surface area contributed by atoms with Crippen LogP contribution in [0.25, 0.3) is 0 Å². The van der Waals surface area contributed by atoms with Gasteiger partial charge in [0.1, 0.15) is 12.6 Å². The number of carbonyl (C=O) groups is 2. The summed E-state index contributed by atoms with van der Waals surface area (Å²) in [6.45, 7) is 3.66. The molecule has 19 heavy (non-hydrogen) atoms. The molecule has 0 aromatic heterocycles. The standard InChI is InChI=1S/C14H19NO4/c1-10(2)13(14(17)18)15-12(16)9-19-8-11-6-4-3-5-7-11/h3-7,10,13H,8-9H2,1-2H3,(H,15,16)(H,17,18)/t13-/m0/s1. The van der Waals surface area contributed by atoms with Gasteiger partial charge in [0.25, 0.3) is 0 Å². The smallest absolute Gasteiger partial charge is 0.326 e. The fourth-order valence-electron chi connectivity index (χ4n) is 1.56. The highest BCUT2D eigenvalue weighted by atomic mass is 16.5. The van der Waals surface area contributed by atoms with Crippen LogP contribution in [0.5, 0.6) is 0 Å². The molecule has 0 aliphatic carbocycles. The number of hydrogen-bond donors (Lipinski definition) is 2. The molecule has 0 aliphatic heterocycles. The Bertz CT molecular complexity index is 417. The summed E-state index contributed by atoms with van der Waals surface area (Å²) in [4.78, 5) is 22.5. The van der Waals surface area contributed by atoms with Crippen molar-refractivity contribution in [3.8, 4) is 0 Å². The predicted octanol–water partition coefficient (Wildman–Crippen LogP) is 1.43. The summed E-state index contributed by atoms with van der Waals surface area (Å²) in [6.07, 6.45) is 0. The van der Waals surface area contributed by atoms with Crippen molar-refractivity contribution in [2.24, 2.45) is 5.92 Å². The van der Waals surface area contributed by atoms with Gasteiger partial charge in [0.15, 0.2) is 0 Å². The minimum Gasteiger partial charge on any atom is -0.480 e. The van der Waals surface area contributed by atoms with Crippen LogP contribution < -0.4 is 5.32 Å². The van der Waals surface area contributed by atoms with E-state index in [4.69, 9.17) is 9.84 Å². The lowest BCUT2D eigenvalue weighted by molar-refractivity contribution is -0.143. The molecule has 0 saturated carbocycles. The summed E-state index contributed by atoms with van der Waals surface area (Å²) in [5.74, 6) is -1.63. The second-order valence-corrected chi connectivity index (χ2v) is 4.61. The second-order valence-electron chi connectivity index (χ2n) is 4.61. The van der Waals surface area contributed by atoms with E-state index in [2.05, 4.69) is 5.32 Å². The number of carboxylic acids is 1. The first-order valence-corrected chi connectivity index (χ1v) is 6.14. The van der Waals surface area contributed by atoms with E-state index in [-0.39, 0.29) is 12.5 Å². The van der Waals surface area contributed by atoms with Gasteiger partial charge in [0.05, 0.1) is 6.61 Å². The Kier molecular flexibility index (Phi) is 6.02. The van der Waals surface area contributed by atoms with Gasteiger partial charge in [-0.1, -0.05) is 44.2 Å². The van der Waals surface area contributed by atoms with Crippen molar-refractivity contribution < 1.29 is 19.4 Å². The van der Waals surface area contributed by atoms with Crippen molar-refractivity contribution in [3.05, 3.63) is 35.9 Å². The summed E-state index contributed by atoms with van der Waals surface area (Å²) in [5.41, 5.74) is 0.967. The number of amides is 1. The van der Waals surface area contributed by atoms with Gasteiger partial charge in [0.2, 0.25) is 5.91 Å². The van der Waals surface area contributed by atoms with E-state index in [0.717, 1.165) is 5.56 Å². The molecule has 0 saturated heterocycles. The molecule has 104 valence electrons. The molecule has 0 bridgehead atoms. The van der Waals surface area contributed by atoms with Crippen LogP contribution in [0.15, 0.2) is 30.3 Å². The van der Waals surface area contributed by atoms with E-state index in [0.29, 0.717) is 6.61 Å². The average Bonchev–Trinajstić information content (AvgIpc) is 2.36. The minimum atomic E-state index is -1.04. The van der Waals surface area contributed by atoms with Gasteiger partial charge in [-0.3, -0.25) is 4.79 Å². The van der Waals surface area contributed by atoms with Gasteiger partial charge in [0, 0.05) is 0 Å². The first-order chi connectivity index (χ1) is 9.00. The average molecular weight is 265 g/mol. The van der Waals surface area contributed by atoms with Crippen molar-refractivity contribution in [2.75, 3.05) is 6.61 Å². The maximum Gasteiger partial charge on any atom is 0.326 e. The molecular weight excluding hydrogens is 246 g/mol. The fourth-order valence-corrected chi connectivity index (χ4v) is 1.56. The molecular formula is C14H19NO4. The number of aliphatic carboxylic acids is 1. The third kappa shape index (κ3) is 5.52. The quantitative estimate of drug-likeness (QED) is 0.782. The number of carbonyl (C=O) groups excluding carboxylic acids is 1. The largest absolute Gasteiger partial charge is 0.480 e. The molecule has 1 aromatic carbocycles. The van der Waals surface area contributed by atoms with E-state index in [1.54, 1.807) is 13.8 Å². The van der Waals surface area contributed by atoms with E-state index in [9.17, 15) is 9.59 Å². The van der Waals surface area contributed by atoms with Gasteiger partial charge >= 0.3 is 5.97 Å². The van der Waals surface area contributed by atoms with Crippen LogP contribution >= 0.6 is 0 Å². The van der Waals surface area contributed by atoms with Gasteiger partial charge in [-0.15, -0.1) is 0 Å². The van der Waals surface area contributed by atoms with Gasteiger partial charge < -0.3 is 15.2 Å². The van der Waals surface area contributed by atoms with Gasteiger partial charge in [-0.2, -0.15) is 0 Å². The van der Waals surface area contributed by atoms with Gasteiger partial charge in [-0.05, 0) is 11.5 Å². The van der Waals surface area contributed by atoms with E-state index in [1.165, 1.54) is 0 Å². The fraction of sp³-hybridized carbons (Fsp3) is 0.429. The maximum absolute atomic E-state index is 11.6. The van der Waals surface area contributed by atoms with Gasteiger partial charge in [-0.25, -0.2) is 4.79 Å². The van der Waals surface area contributed by atoms with Crippen molar-refractivity contribution in [3.63, 3.8) is 0 Å². The zero-order valence-electron chi connectivity index (χ0n) is 11.1. The van der Waals surface area contributed by atoms with E-state index < -0.39 is 17.9 Å². The lowest BCUT2D eigenvalue weighted by Crippen LogP contribution is -2.45. The minimum absolute atomic E-state index is 0.147. The summed E-state index contributed by atoms with van der Waals surface area (Å²) in [7, 11) is 0. The number of carboxylic acid groups (broad SMARTS) is 1. The number of ether oxygens (including phenoxy) is 1. The topological polar surface area (TPSA) is 75.6 Å². The van der Waals surface area contributed by atoms with Crippen molar-refractivity contribution in [2.45, 2.75) is 26.5 Å². The Morgan fingerprint density at radius 3 is 2.42 bits per heavy atom. The number of rotatable bonds is 7. The molecule has 5 nitrogen and oxygen atoms in total. The normalized spacial score (nSPS) is 12.2. The van der Waals surface area contributed by atoms with Crippen LogP contribution in [0.4, 0.5) is 0 Å². The summed E-state index contributed by atoms with van der Waals surface area (Å²) >= 11 is 0. The second kappa shape index (κ2) is 7.53. The van der Waals surface area contributed by atoms with Crippen LogP contribution in [0, 0.1) is 5.92 Å². The predicted molar refractivity (Wildman–Crippen MR) is 70.5 cm³/mol. The van der Waals surface area contributed by atoms with Crippen molar-refractivity contribution in [1.82, 2.24) is 5.32 Å². The molecule has 0 aliphatic rings. The molecule has 5 heteroatoms. The van der Waals surface area contributed by atoms with Crippen molar-refractivity contribution in [1.29, 1.82) is 0 Å². The molecule has 0 unspecified atom stereocenters. The highest BCUT2D eigenvalue weighted by Crippen LogP contribution is 2.02. The SMILES string of the molecule is CC(C)[C@H](NC(=O)COCc1ccccc1)C(=O)O. The van der Waals surface area contributed by atoms with Crippen LogP contribution in [-0.2, 0) is 20.9 Å². The first-order valence-electron chi connectivity index (χ1n) is 6.14. The molecule has 0 spiro atoms. The third-order valence-corrected chi connectivity index (χ3v) is 2.59. The molecule has 1 rings (SSSR count). The monoisotopic (exact) mass is 265 g/mol. The Balaban J connectivity index is 2.33. The van der Waals surface area contributed by atoms with Crippen LogP contribution in [0.3, 0.4) is 0 Å². The Labute approximate surface area is 112 Å². The molecule has 1 amide bonds. The van der Waals surface area contributed by atoms with E-state index >= 15 is 0 Å². The number of benzene rings is 1. The maximum atomic E-state index is 11.6. The van der Waals surface area contributed by atoms with Crippen LogP contribution in [0.1, 0.15) is 19.4 Å². The van der Waals surface area contributed by atoms with Crippen LogP contribution in [-0.4, -0.2) is 29.6 Å². The van der Waals surface area contributed by atoms with E-state index in [1.807, 2.05) is 30.3 Å². The zero-order valence-corrected chi connectivity index (χ0v) is 11.1. The summed E-state index contributed by atoms with van der Waals surface area (Å²) in [5, 5.41) is 11.4. The highest BCUT2D eigenvalue weighted by molar-refractivity contribution is 5.84.